The Kier molecular flexibility index (Phi) is 1.72. The Hall–Kier alpha value is -2.00. The molecule has 5 rings (SSSR count). The lowest BCUT2D eigenvalue weighted by Crippen LogP contribution is -2.01. The van der Waals surface area contributed by atoms with Gasteiger partial charge in [-0.2, -0.15) is 8.75 Å². The lowest BCUT2D eigenvalue weighted by atomic mass is 9.85. The Morgan fingerprint density at radius 1 is 0.737 bits per heavy atom. The standard InChI is InChI=1S/C16H10N2S/c1-3-9-7-8-10-4-2-6-12-14(10)13(9)11(5-1)15-16(12)18-19-17-15/h1-6H,7-8H2. The van der Waals surface area contributed by atoms with Crippen LogP contribution in [0.3, 0.4) is 0 Å². The first-order valence-electron chi connectivity index (χ1n) is 6.51. The topological polar surface area (TPSA) is 25.8 Å². The van der Waals surface area contributed by atoms with Crippen LogP contribution in [0.2, 0.25) is 0 Å². The summed E-state index contributed by atoms with van der Waals surface area (Å²) in [4.78, 5) is 0. The number of rotatable bonds is 0. The summed E-state index contributed by atoms with van der Waals surface area (Å²) in [5.74, 6) is 0. The number of aromatic nitrogens is 2. The summed E-state index contributed by atoms with van der Waals surface area (Å²) < 4.78 is 9.04. The van der Waals surface area contributed by atoms with Crippen LogP contribution in [-0.4, -0.2) is 8.75 Å². The van der Waals surface area contributed by atoms with Crippen LogP contribution in [-0.2, 0) is 12.8 Å². The molecule has 0 aliphatic heterocycles. The van der Waals surface area contributed by atoms with E-state index in [0.717, 1.165) is 23.9 Å². The van der Waals surface area contributed by atoms with E-state index in [2.05, 4.69) is 45.1 Å². The summed E-state index contributed by atoms with van der Waals surface area (Å²) in [7, 11) is 0. The zero-order valence-corrected chi connectivity index (χ0v) is 11.0. The van der Waals surface area contributed by atoms with Crippen LogP contribution >= 0.6 is 11.7 Å². The summed E-state index contributed by atoms with van der Waals surface area (Å²) in [6, 6.07) is 13.2. The molecule has 3 aromatic carbocycles. The minimum Gasteiger partial charge on any atom is -0.172 e. The van der Waals surface area contributed by atoms with Gasteiger partial charge in [0.1, 0.15) is 11.0 Å². The van der Waals surface area contributed by atoms with Crippen molar-refractivity contribution >= 4 is 44.3 Å². The maximum absolute atomic E-state index is 4.52. The van der Waals surface area contributed by atoms with Crippen molar-refractivity contribution in [3.8, 4) is 0 Å². The van der Waals surface area contributed by atoms with Crippen LogP contribution in [0, 0.1) is 0 Å². The number of fused-ring (bicyclic) bond motifs is 3. The van der Waals surface area contributed by atoms with Gasteiger partial charge in [0, 0.05) is 10.8 Å². The summed E-state index contributed by atoms with van der Waals surface area (Å²) >= 11 is 1.31. The number of nitrogens with zero attached hydrogens (tertiary/aromatic N) is 2. The Bertz CT molecular complexity index is 891. The molecule has 0 N–H and O–H groups in total. The van der Waals surface area contributed by atoms with Gasteiger partial charge < -0.3 is 0 Å². The van der Waals surface area contributed by atoms with Crippen LogP contribution in [0.15, 0.2) is 36.4 Å². The van der Waals surface area contributed by atoms with E-state index in [1.165, 1.54) is 44.4 Å². The number of benzene rings is 3. The minimum atomic E-state index is 1.06. The summed E-state index contributed by atoms with van der Waals surface area (Å²) in [5, 5.41) is 5.33. The lowest BCUT2D eigenvalue weighted by Gasteiger charge is -2.18. The maximum Gasteiger partial charge on any atom is 0.113 e. The monoisotopic (exact) mass is 262 g/mol. The molecule has 0 fully saturated rings. The van der Waals surface area contributed by atoms with Crippen molar-refractivity contribution in [1.29, 1.82) is 0 Å². The molecule has 3 heteroatoms. The Morgan fingerprint density at radius 2 is 1.26 bits per heavy atom. The van der Waals surface area contributed by atoms with Gasteiger partial charge in [0.25, 0.3) is 0 Å². The molecular formula is C16H10N2S. The molecule has 1 aliphatic rings. The van der Waals surface area contributed by atoms with Gasteiger partial charge in [-0.05, 0) is 34.7 Å². The predicted molar refractivity (Wildman–Crippen MR) is 79.8 cm³/mol. The van der Waals surface area contributed by atoms with Gasteiger partial charge in [-0.25, -0.2) is 0 Å². The van der Waals surface area contributed by atoms with Crippen molar-refractivity contribution in [2.24, 2.45) is 0 Å². The van der Waals surface area contributed by atoms with Gasteiger partial charge in [-0.15, -0.1) is 0 Å². The highest BCUT2D eigenvalue weighted by molar-refractivity contribution is 7.00. The minimum absolute atomic E-state index is 1.06. The average molecular weight is 262 g/mol. The van der Waals surface area contributed by atoms with Crippen LogP contribution in [0.1, 0.15) is 11.1 Å². The van der Waals surface area contributed by atoms with Crippen molar-refractivity contribution in [3.05, 3.63) is 47.5 Å². The largest absolute Gasteiger partial charge is 0.172 e. The van der Waals surface area contributed by atoms with Gasteiger partial charge in [0.05, 0.1) is 11.7 Å². The van der Waals surface area contributed by atoms with Crippen LogP contribution in [0.25, 0.3) is 32.6 Å². The fraction of sp³-hybridized carbons (Fsp3) is 0.125. The molecule has 0 spiro atoms. The third kappa shape index (κ3) is 1.12. The first-order chi connectivity index (χ1) is 9.43. The van der Waals surface area contributed by atoms with Gasteiger partial charge in [-0.1, -0.05) is 36.4 Å². The zero-order chi connectivity index (χ0) is 12.4. The van der Waals surface area contributed by atoms with E-state index < -0.39 is 0 Å². The van der Waals surface area contributed by atoms with E-state index >= 15 is 0 Å². The van der Waals surface area contributed by atoms with Crippen LogP contribution in [0.4, 0.5) is 0 Å². The second-order valence-electron chi connectivity index (χ2n) is 5.14. The van der Waals surface area contributed by atoms with Crippen molar-refractivity contribution in [2.45, 2.75) is 12.8 Å². The Balaban J connectivity index is 2.29. The second-order valence-corrected chi connectivity index (χ2v) is 5.67. The highest BCUT2D eigenvalue weighted by Gasteiger charge is 2.19. The zero-order valence-electron chi connectivity index (χ0n) is 10.2. The van der Waals surface area contributed by atoms with Crippen molar-refractivity contribution in [1.82, 2.24) is 8.75 Å². The Labute approximate surface area is 114 Å². The molecule has 1 aromatic heterocycles. The maximum atomic E-state index is 4.52. The van der Waals surface area contributed by atoms with Crippen molar-refractivity contribution < 1.29 is 0 Å². The van der Waals surface area contributed by atoms with Crippen LogP contribution in [0.5, 0.6) is 0 Å². The van der Waals surface area contributed by atoms with Crippen molar-refractivity contribution in [2.75, 3.05) is 0 Å². The van der Waals surface area contributed by atoms with E-state index in [9.17, 15) is 0 Å². The van der Waals surface area contributed by atoms with Gasteiger partial charge in [0.15, 0.2) is 0 Å². The molecule has 0 amide bonds. The molecule has 0 radical (unpaired) electrons. The lowest BCUT2D eigenvalue weighted by molar-refractivity contribution is 0.968. The van der Waals surface area contributed by atoms with Gasteiger partial charge >= 0.3 is 0 Å². The highest BCUT2D eigenvalue weighted by atomic mass is 32.1. The average Bonchev–Trinajstić information content (AvgIpc) is 2.95. The number of hydrogen-bond acceptors (Lipinski definition) is 3. The molecule has 0 saturated carbocycles. The molecule has 4 aromatic rings. The number of aryl methyl sites for hydroxylation is 2. The normalized spacial score (nSPS) is 13.9. The van der Waals surface area contributed by atoms with Crippen LogP contribution < -0.4 is 0 Å². The van der Waals surface area contributed by atoms with Gasteiger partial charge in [0.2, 0.25) is 0 Å². The molecule has 1 heterocycles. The molecule has 1 aliphatic carbocycles. The molecule has 0 unspecified atom stereocenters. The molecule has 2 nitrogen and oxygen atoms in total. The molecule has 0 atom stereocenters. The highest BCUT2D eigenvalue weighted by Crippen LogP contribution is 2.40. The smallest absolute Gasteiger partial charge is 0.113 e. The van der Waals surface area contributed by atoms with Gasteiger partial charge in [-0.3, -0.25) is 0 Å². The SMILES string of the molecule is c1cc2c3c(c1)c1nsnc1c1cccc(c13)CC2. The predicted octanol–water partition coefficient (Wildman–Crippen LogP) is 4.10. The molecular weight excluding hydrogens is 252 g/mol. The molecule has 19 heavy (non-hydrogen) atoms. The van der Waals surface area contributed by atoms with E-state index in [-0.39, 0.29) is 0 Å². The third-order valence-electron chi connectivity index (χ3n) is 4.21. The van der Waals surface area contributed by atoms with E-state index in [4.69, 9.17) is 0 Å². The molecule has 90 valence electrons. The summed E-state index contributed by atoms with van der Waals surface area (Å²) in [6.45, 7) is 0. The summed E-state index contributed by atoms with van der Waals surface area (Å²) in [5.41, 5.74) is 5.04. The fourth-order valence-corrected chi connectivity index (χ4v) is 3.99. The van der Waals surface area contributed by atoms with E-state index in [0.29, 0.717) is 0 Å². The van der Waals surface area contributed by atoms with Crippen molar-refractivity contribution in [3.63, 3.8) is 0 Å². The fourth-order valence-electron chi connectivity index (χ4n) is 3.41. The Morgan fingerprint density at radius 3 is 1.79 bits per heavy atom. The molecule has 0 bridgehead atoms. The van der Waals surface area contributed by atoms with E-state index in [1.54, 1.807) is 0 Å². The first-order valence-corrected chi connectivity index (χ1v) is 7.24. The van der Waals surface area contributed by atoms with E-state index in [1.807, 2.05) is 0 Å². The third-order valence-corrected chi connectivity index (χ3v) is 4.74. The first kappa shape index (κ1) is 9.87. The quantitative estimate of drug-likeness (QED) is 0.446. The number of hydrogen-bond donors (Lipinski definition) is 0. The second kappa shape index (κ2) is 3.31. The molecule has 0 saturated heterocycles. The summed E-state index contributed by atoms with van der Waals surface area (Å²) in [6.07, 6.45) is 2.26.